The lowest BCUT2D eigenvalue weighted by molar-refractivity contribution is -0.137. The molecule has 18 heavy (non-hydrogen) atoms. The zero-order chi connectivity index (χ0) is 13.3. The summed E-state index contributed by atoms with van der Waals surface area (Å²) in [4.78, 5) is 33.7. The van der Waals surface area contributed by atoms with Gasteiger partial charge in [0.05, 0.1) is 11.5 Å². The molecule has 0 aliphatic heterocycles. The van der Waals surface area contributed by atoms with Crippen LogP contribution in [0.1, 0.15) is 23.2 Å². The highest BCUT2D eigenvalue weighted by Crippen LogP contribution is 2.24. The first-order chi connectivity index (χ1) is 8.49. The van der Waals surface area contributed by atoms with Gasteiger partial charge in [-0.3, -0.25) is 14.4 Å². The van der Waals surface area contributed by atoms with E-state index < -0.39 is 23.5 Å². The van der Waals surface area contributed by atoms with Gasteiger partial charge < -0.3 is 11.1 Å². The number of nitrogens with two attached hydrogens (primary N) is 1. The topological polar surface area (TPSA) is 89.3 Å². The summed E-state index contributed by atoms with van der Waals surface area (Å²) < 4.78 is 13.2. The van der Waals surface area contributed by atoms with E-state index in [1.165, 1.54) is 6.07 Å². The lowest BCUT2D eigenvalue weighted by atomic mass is 9.83. The maximum atomic E-state index is 13.2. The molecule has 1 saturated carbocycles. The third-order valence-corrected chi connectivity index (χ3v) is 2.88. The number of benzene rings is 1. The van der Waals surface area contributed by atoms with Gasteiger partial charge in [0.25, 0.3) is 5.91 Å². The molecule has 0 aromatic heterocycles. The van der Waals surface area contributed by atoms with E-state index in [1.807, 2.05) is 0 Å². The number of ketones is 1. The number of anilines is 1. The number of carbonyl (C=O) groups is 3. The minimum atomic E-state index is -0.914. The minimum absolute atomic E-state index is 0.107. The molecule has 0 bridgehead atoms. The first-order valence-corrected chi connectivity index (χ1v) is 5.42. The van der Waals surface area contributed by atoms with Gasteiger partial charge in [0.1, 0.15) is 11.6 Å². The van der Waals surface area contributed by atoms with E-state index in [9.17, 15) is 18.8 Å². The lowest BCUT2D eigenvalue weighted by Crippen LogP contribution is -2.37. The van der Waals surface area contributed by atoms with Crippen LogP contribution >= 0.6 is 0 Å². The fourth-order valence-corrected chi connectivity index (χ4v) is 1.71. The monoisotopic (exact) mass is 250 g/mol. The Bertz CT molecular complexity index is 542. The Morgan fingerprint density at radius 3 is 2.61 bits per heavy atom. The van der Waals surface area contributed by atoms with E-state index in [0.29, 0.717) is 12.8 Å². The molecule has 2 amide bonds. The van der Waals surface area contributed by atoms with Crippen molar-refractivity contribution in [3.63, 3.8) is 0 Å². The molecule has 2 rings (SSSR count). The van der Waals surface area contributed by atoms with E-state index in [4.69, 9.17) is 5.73 Å². The van der Waals surface area contributed by atoms with E-state index in [0.717, 1.165) is 12.1 Å². The number of halogens is 1. The average Bonchev–Trinajstić information content (AvgIpc) is 2.29. The van der Waals surface area contributed by atoms with E-state index >= 15 is 0 Å². The fraction of sp³-hybridized carbons (Fsp3) is 0.250. The number of primary amides is 1. The third-order valence-electron chi connectivity index (χ3n) is 2.88. The summed E-state index contributed by atoms with van der Waals surface area (Å²) in [6, 6.07) is 3.50. The molecule has 94 valence electrons. The van der Waals surface area contributed by atoms with Crippen LogP contribution in [0.5, 0.6) is 0 Å². The Labute approximate surface area is 102 Å². The lowest BCUT2D eigenvalue weighted by Gasteiger charge is -2.22. The smallest absolute Gasteiger partial charge is 0.251 e. The van der Waals surface area contributed by atoms with Crippen LogP contribution in [0.25, 0.3) is 0 Å². The molecule has 0 saturated heterocycles. The van der Waals surface area contributed by atoms with Gasteiger partial charge in [-0.2, -0.15) is 0 Å². The standard InChI is InChI=1S/C12H11FN2O3/c13-9-3-1-6(5-8(9)11(14)17)15-12(18)7-2-4-10(7)16/h1,3,5,7H,2,4H2,(H2,14,17)(H,15,18). The first kappa shape index (κ1) is 12.2. The number of rotatable bonds is 3. The summed E-state index contributed by atoms with van der Waals surface area (Å²) >= 11 is 0. The Hall–Kier alpha value is -2.24. The van der Waals surface area contributed by atoms with Crippen LogP contribution in [-0.2, 0) is 9.59 Å². The second-order valence-corrected chi connectivity index (χ2v) is 4.11. The van der Waals surface area contributed by atoms with Crippen molar-refractivity contribution in [3.05, 3.63) is 29.6 Å². The minimum Gasteiger partial charge on any atom is -0.366 e. The second-order valence-electron chi connectivity index (χ2n) is 4.11. The summed E-state index contributed by atoms with van der Waals surface area (Å²) in [6.45, 7) is 0. The third kappa shape index (κ3) is 2.22. The maximum absolute atomic E-state index is 13.2. The number of nitrogens with one attached hydrogen (secondary N) is 1. The quantitative estimate of drug-likeness (QED) is 0.779. The van der Waals surface area contributed by atoms with Crippen molar-refractivity contribution >= 4 is 23.3 Å². The molecule has 6 heteroatoms. The fourth-order valence-electron chi connectivity index (χ4n) is 1.71. The van der Waals surface area contributed by atoms with Gasteiger partial charge in [0, 0.05) is 12.1 Å². The molecule has 0 radical (unpaired) electrons. The van der Waals surface area contributed by atoms with Crippen LogP contribution in [0.4, 0.5) is 10.1 Å². The summed E-state index contributed by atoms with van der Waals surface area (Å²) in [7, 11) is 0. The van der Waals surface area contributed by atoms with Gasteiger partial charge in [-0.1, -0.05) is 0 Å². The SMILES string of the molecule is NC(=O)c1cc(NC(=O)C2CCC2=O)ccc1F. The Morgan fingerprint density at radius 1 is 1.39 bits per heavy atom. The summed E-state index contributed by atoms with van der Waals surface area (Å²) in [5, 5.41) is 2.46. The Balaban J connectivity index is 2.14. The van der Waals surface area contributed by atoms with Crippen LogP contribution < -0.4 is 11.1 Å². The van der Waals surface area contributed by atoms with Crippen LogP contribution in [0.2, 0.25) is 0 Å². The highest BCUT2D eigenvalue weighted by Gasteiger charge is 2.34. The molecule has 1 atom stereocenters. The number of carbonyl (C=O) groups excluding carboxylic acids is 3. The van der Waals surface area contributed by atoms with Crippen LogP contribution in [0, 0.1) is 11.7 Å². The molecule has 5 nitrogen and oxygen atoms in total. The predicted octanol–water partition coefficient (Wildman–Crippen LogP) is 0.842. The van der Waals surface area contributed by atoms with Gasteiger partial charge in [-0.05, 0) is 24.6 Å². The normalized spacial score (nSPS) is 18.1. The number of amides is 2. The van der Waals surface area contributed by atoms with E-state index in [1.54, 1.807) is 0 Å². The van der Waals surface area contributed by atoms with Crippen molar-refractivity contribution in [2.45, 2.75) is 12.8 Å². The summed E-state index contributed by atoms with van der Waals surface area (Å²) in [5.41, 5.74) is 4.93. The molecule has 3 N–H and O–H groups in total. The van der Waals surface area contributed by atoms with Crippen molar-refractivity contribution in [2.24, 2.45) is 11.7 Å². The molecule has 0 heterocycles. The highest BCUT2D eigenvalue weighted by molar-refractivity contribution is 6.10. The van der Waals surface area contributed by atoms with E-state index in [-0.39, 0.29) is 17.0 Å². The molecule has 1 aromatic carbocycles. The summed E-state index contributed by atoms with van der Waals surface area (Å²) in [5.74, 6) is -2.84. The van der Waals surface area contributed by atoms with Crippen molar-refractivity contribution in [3.8, 4) is 0 Å². The van der Waals surface area contributed by atoms with Crippen molar-refractivity contribution in [2.75, 3.05) is 5.32 Å². The molecular weight excluding hydrogens is 239 g/mol. The summed E-state index contributed by atoms with van der Waals surface area (Å²) in [6.07, 6.45) is 0.933. The number of hydrogen-bond acceptors (Lipinski definition) is 3. The Kier molecular flexibility index (Phi) is 3.10. The Morgan fingerprint density at radius 2 is 2.11 bits per heavy atom. The first-order valence-electron chi connectivity index (χ1n) is 5.42. The van der Waals surface area contributed by atoms with Crippen LogP contribution in [0.15, 0.2) is 18.2 Å². The second kappa shape index (κ2) is 4.56. The molecule has 1 fully saturated rings. The highest BCUT2D eigenvalue weighted by atomic mass is 19.1. The molecule has 1 aliphatic carbocycles. The van der Waals surface area contributed by atoms with Gasteiger partial charge in [-0.25, -0.2) is 4.39 Å². The number of Topliss-reactive ketones (excluding diaryl/α,β-unsaturated/α-hetero) is 1. The molecular formula is C12H11FN2O3. The molecule has 1 unspecified atom stereocenters. The zero-order valence-corrected chi connectivity index (χ0v) is 9.40. The van der Waals surface area contributed by atoms with Gasteiger partial charge in [-0.15, -0.1) is 0 Å². The van der Waals surface area contributed by atoms with Crippen molar-refractivity contribution < 1.29 is 18.8 Å². The van der Waals surface area contributed by atoms with Crippen molar-refractivity contribution in [1.82, 2.24) is 0 Å². The van der Waals surface area contributed by atoms with Crippen LogP contribution in [-0.4, -0.2) is 17.6 Å². The molecule has 1 aromatic rings. The van der Waals surface area contributed by atoms with Gasteiger partial charge >= 0.3 is 0 Å². The van der Waals surface area contributed by atoms with Crippen LogP contribution in [0.3, 0.4) is 0 Å². The van der Waals surface area contributed by atoms with Gasteiger partial charge in [0.15, 0.2) is 0 Å². The number of hydrogen-bond donors (Lipinski definition) is 2. The van der Waals surface area contributed by atoms with Gasteiger partial charge in [0.2, 0.25) is 5.91 Å². The predicted molar refractivity (Wildman–Crippen MR) is 61.3 cm³/mol. The average molecular weight is 250 g/mol. The largest absolute Gasteiger partial charge is 0.366 e. The maximum Gasteiger partial charge on any atom is 0.251 e. The van der Waals surface area contributed by atoms with E-state index in [2.05, 4.69) is 5.32 Å². The molecule has 1 aliphatic rings. The van der Waals surface area contributed by atoms with Crippen molar-refractivity contribution in [1.29, 1.82) is 0 Å². The molecule has 0 spiro atoms. The zero-order valence-electron chi connectivity index (χ0n) is 9.40.